The van der Waals surface area contributed by atoms with Crippen LogP contribution in [0.5, 0.6) is 0 Å². The van der Waals surface area contributed by atoms with Crippen LogP contribution in [0.3, 0.4) is 0 Å². The lowest BCUT2D eigenvalue weighted by Crippen LogP contribution is -2.39. The molecule has 0 spiro atoms. The van der Waals surface area contributed by atoms with Crippen LogP contribution in [0.4, 0.5) is 0 Å². The summed E-state index contributed by atoms with van der Waals surface area (Å²) in [5.41, 5.74) is 0. The predicted octanol–water partition coefficient (Wildman–Crippen LogP) is -3.11. The minimum absolute atomic E-state index is 0.288. The molecule has 8 nitrogen and oxygen atoms in total. The zero-order valence-electron chi connectivity index (χ0n) is 10.3. The van der Waals surface area contributed by atoms with Crippen LogP contribution in [0.1, 0.15) is 13.3 Å². The Morgan fingerprint density at radius 2 is 1.58 bits per heavy atom. The Hall–Kier alpha value is -0.610. The predicted molar refractivity (Wildman–Crippen MR) is 58.9 cm³/mol. The van der Waals surface area contributed by atoms with Gasteiger partial charge in [0.1, 0.15) is 30.5 Å². The first-order chi connectivity index (χ1) is 8.82. The van der Waals surface area contributed by atoms with E-state index in [2.05, 4.69) is 0 Å². The van der Waals surface area contributed by atoms with Crippen molar-refractivity contribution < 1.29 is 39.8 Å². The SMILES string of the molecule is C[C@@H]1O[C@@H](CC(=O)[C@@H]2O[C@@H](O)[C@@H](O)C2O)[C@@H](O)C1O. The van der Waals surface area contributed by atoms with Gasteiger partial charge < -0.3 is 35.0 Å². The molecule has 0 aromatic heterocycles. The van der Waals surface area contributed by atoms with Gasteiger partial charge in [-0.2, -0.15) is 0 Å². The number of aliphatic hydroxyl groups is 5. The summed E-state index contributed by atoms with van der Waals surface area (Å²) in [6, 6.07) is 0. The summed E-state index contributed by atoms with van der Waals surface area (Å²) in [7, 11) is 0. The maximum Gasteiger partial charge on any atom is 0.184 e. The van der Waals surface area contributed by atoms with Crippen LogP contribution in [0, 0.1) is 0 Å². The highest BCUT2D eigenvalue weighted by molar-refractivity contribution is 5.84. The van der Waals surface area contributed by atoms with Crippen LogP contribution in [0.15, 0.2) is 0 Å². The fourth-order valence-electron chi connectivity index (χ4n) is 2.34. The summed E-state index contributed by atoms with van der Waals surface area (Å²) in [6.45, 7) is 1.56. The molecule has 8 heteroatoms. The van der Waals surface area contributed by atoms with Crippen molar-refractivity contribution in [3.8, 4) is 0 Å². The van der Waals surface area contributed by atoms with Gasteiger partial charge in [-0.05, 0) is 6.92 Å². The molecule has 2 rings (SSSR count). The molecule has 5 N–H and O–H groups in total. The van der Waals surface area contributed by atoms with E-state index >= 15 is 0 Å². The highest BCUT2D eigenvalue weighted by atomic mass is 16.6. The highest BCUT2D eigenvalue weighted by Crippen LogP contribution is 2.27. The Balaban J connectivity index is 1.95. The Morgan fingerprint density at radius 1 is 0.947 bits per heavy atom. The average Bonchev–Trinajstić information content (AvgIpc) is 2.75. The van der Waals surface area contributed by atoms with E-state index in [9.17, 15) is 30.3 Å². The number of ether oxygens (including phenoxy) is 2. The van der Waals surface area contributed by atoms with Gasteiger partial charge >= 0.3 is 0 Å². The molecule has 2 unspecified atom stereocenters. The third kappa shape index (κ3) is 2.65. The normalized spacial score (nSPS) is 50.6. The molecule has 8 atom stereocenters. The van der Waals surface area contributed by atoms with Crippen molar-refractivity contribution in [2.75, 3.05) is 0 Å². The van der Waals surface area contributed by atoms with E-state index < -0.39 is 54.8 Å². The van der Waals surface area contributed by atoms with Gasteiger partial charge in [0.2, 0.25) is 0 Å². The number of Topliss-reactive ketones (excluding diaryl/α,β-unsaturated/α-hetero) is 1. The van der Waals surface area contributed by atoms with Gasteiger partial charge in [0.15, 0.2) is 12.1 Å². The van der Waals surface area contributed by atoms with E-state index in [4.69, 9.17) is 9.47 Å². The van der Waals surface area contributed by atoms with E-state index in [0.29, 0.717) is 0 Å². The molecular weight excluding hydrogens is 260 g/mol. The molecule has 0 aliphatic carbocycles. The second-order valence-electron chi connectivity index (χ2n) is 4.96. The molecule has 0 radical (unpaired) electrons. The summed E-state index contributed by atoms with van der Waals surface area (Å²) < 4.78 is 9.98. The van der Waals surface area contributed by atoms with Crippen molar-refractivity contribution in [3.05, 3.63) is 0 Å². The molecule has 19 heavy (non-hydrogen) atoms. The van der Waals surface area contributed by atoms with Crippen molar-refractivity contribution in [1.82, 2.24) is 0 Å². The molecule has 0 aromatic rings. The van der Waals surface area contributed by atoms with Gasteiger partial charge in [0.05, 0.1) is 12.2 Å². The summed E-state index contributed by atoms with van der Waals surface area (Å²) >= 11 is 0. The number of ketones is 1. The molecule has 0 amide bonds. The summed E-state index contributed by atoms with van der Waals surface area (Å²) in [5, 5.41) is 47.2. The fourth-order valence-corrected chi connectivity index (χ4v) is 2.34. The maximum atomic E-state index is 11.9. The van der Waals surface area contributed by atoms with Gasteiger partial charge in [0.25, 0.3) is 0 Å². The Labute approximate surface area is 109 Å². The number of hydrogen-bond donors (Lipinski definition) is 5. The van der Waals surface area contributed by atoms with E-state index in [1.165, 1.54) is 0 Å². The lowest BCUT2D eigenvalue weighted by atomic mass is 9.99. The zero-order chi connectivity index (χ0) is 14.3. The monoisotopic (exact) mass is 278 g/mol. The van der Waals surface area contributed by atoms with Crippen LogP contribution in [0.2, 0.25) is 0 Å². The molecule has 0 aromatic carbocycles. The van der Waals surface area contributed by atoms with E-state index in [1.54, 1.807) is 6.92 Å². The van der Waals surface area contributed by atoms with Gasteiger partial charge in [-0.3, -0.25) is 4.79 Å². The lowest BCUT2D eigenvalue weighted by Gasteiger charge is -2.17. The van der Waals surface area contributed by atoms with Crippen molar-refractivity contribution in [2.24, 2.45) is 0 Å². The van der Waals surface area contributed by atoms with E-state index in [0.717, 1.165) is 0 Å². The van der Waals surface area contributed by atoms with Gasteiger partial charge in [-0.25, -0.2) is 0 Å². The molecule has 2 aliphatic heterocycles. The number of aliphatic hydroxyl groups excluding tert-OH is 5. The smallest absolute Gasteiger partial charge is 0.184 e. The number of rotatable bonds is 3. The Kier molecular flexibility index (Phi) is 4.21. The minimum Gasteiger partial charge on any atom is -0.388 e. The first-order valence-corrected chi connectivity index (χ1v) is 6.07. The molecule has 2 fully saturated rings. The molecule has 0 saturated carbocycles. The van der Waals surface area contributed by atoms with Gasteiger partial charge in [-0.1, -0.05) is 0 Å². The maximum absolute atomic E-state index is 11.9. The number of hydrogen-bond acceptors (Lipinski definition) is 8. The summed E-state index contributed by atoms with van der Waals surface area (Å²) in [6.07, 6.45) is -10.1. The van der Waals surface area contributed by atoms with Crippen molar-refractivity contribution >= 4 is 5.78 Å². The van der Waals surface area contributed by atoms with E-state index in [1.807, 2.05) is 0 Å². The van der Waals surface area contributed by atoms with Gasteiger partial charge in [0, 0.05) is 6.42 Å². The number of carbonyl (C=O) groups is 1. The van der Waals surface area contributed by atoms with Gasteiger partial charge in [-0.15, -0.1) is 0 Å². The number of carbonyl (C=O) groups excluding carboxylic acids is 1. The quantitative estimate of drug-likeness (QED) is 0.366. The third-order valence-corrected chi connectivity index (χ3v) is 3.56. The molecule has 2 aliphatic rings. The van der Waals surface area contributed by atoms with E-state index in [-0.39, 0.29) is 6.42 Å². The van der Waals surface area contributed by atoms with Crippen molar-refractivity contribution in [1.29, 1.82) is 0 Å². The third-order valence-electron chi connectivity index (χ3n) is 3.56. The minimum atomic E-state index is -1.62. The standard InChI is InChI=1S/C11H18O8/c1-3-6(13)7(14)5(18-3)2-4(12)10-8(15)9(16)11(17)19-10/h3,5-11,13-17H,2H2,1H3/t3-,5-,6?,7+,8?,9-,10-,11+/m0/s1. The fraction of sp³-hybridized carbons (Fsp3) is 0.909. The van der Waals surface area contributed by atoms with Crippen LogP contribution < -0.4 is 0 Å². The van der Waals surface area contributed by atoms with Crippen LogP contribution in [-0.2, 0) is 14.3 Å². The Bertz CT molecular complexity index is 348. The molecular formula is C11H18O8. The van der Waals surface area contributed by atoms with Crippen LogP contribution >= 0.6 is 0 Å². The second kappa shape index (κ2) is 5.41. The largest absolute Gasteiger partial charge is 0.388 e. The molecule has 2 saturated heterocycles. The highest BCUT2D eigenvalue weighted by Gasteiger charge is 2.48. The topological polar surface area (TPSA) is 137 Å². The Morgan fingerprint density at radius 3 is 2.00 bits per heavy atom. The second-order valence-corrected chi connectivity index (χ2v) is 4.96. The van der Waals surface area contributed by atoms with Crippen molar-refractivity contribution in [3.63, 3.8) is 0 Å². The molecule has 2 heterocycles. The average molecular weight is 278 g/mol. The van der Waals surface area contributed by atoms with Crippen LogP contribution in [-0.4, -0.2) is 80.3 Å². The lowest BCUT2D eigenvalue weighted by molar-refractivity contribution is -0.152. The summed E-state index contributed by atoms with van der Waals surface area (Å²) in [4.78, 5) is 11.9. The summed E-state index contributed by atoms with van der Waals surface area (Å²) in [5.74, 6) is -0.617. The van der Waals surface area contributed by atoms with Crippen molar-refractivity contribution in [2.45, 2.75) is 62.4 Å². The van der Waals surface area contributed by atoms with Crippen LogP contribution in [0.25, 0.3) is 0 Å². The first-order valence-electron chi connectivity index (χ1n) is 6.07. The molecule has 0 bridgehead atoms. The zero-order valence-corrected chi connectivity index (χ0v) is 10.3. The molecule has 110 valence electrons. The first kappa shape index (κ1) is 14.8.